The van der Waals surface area contributed by atoms with Gasteiger partial charge in [-0.3, -0.25) is 0 Å². The van der Waals surface area contributed by atoms with E-state index in [0.29, 0.717) is 0 Å². The quantitative estimate of drug-likeness (QED) is 0.516. The van der Waals surface area contributed by atoms with E-state index in [0.717, 1.165) is 0 Å². The predicted octanol–water partition coefficient (Wildman–Crippen LogP) is -0.190. The van der Waals surface area contributed by atoms with E-state index in [2.05, 4.69) is 31.5 Å². The monoisotopic (exact) mass is 185 g/mol. The average Bonchev–Trinajstić information content (AvgIpc) is 2.22. The molecule has 0 spiro atoms. The lowest BCUT2D eigenvalue weighted by Crippen LogP contribution is -1.97. The molecular weight excluding hydrogens is 166 g/mol. The molecule has 0 aromatic carbocycles. The second-order valence-electron chi connectivity index (χ2n) is 3.00. The molecular formula is C8H19NSi2. The number of nitrogens with one attached hydrogen (secondary N) is 1. The van der Waals surface area contributed by atoms with E-state index in [4.69, 9.17) is 0 Å². The van der Waals surface area contributed by atoms with Crippen LogP contribution in [0, 0.1) is 0 Å². The normalized spacial score (nSPS) is 16.5. The summed E-state index contributed by atoms with van der Waals surface area (Å²) >= 11 is 0. The fraction of sp³-hybridized carbons (Fsp3) is 0.500. The third kappa shape index (κ3) is 3.69. The van der Waals surface area contributed by atoms with Crippen molar-refractivity contribution in [1.82, 2.24) is 4.65 Å². The Morgan fingerprint density at radius 3 is 1.82 bits per heavy atom. The largest absolute Gasteiger partial charge is 0.374 e. The van der Waals surface area contributed by atoms with Crippen LogP contribution >= 0.6 is 0 Å². The summed E-state index contributed by atoms with van der Waals surface area (Å²) in [6.45, 7) is 6.56. The van der Waals surface area contributed by atoms with Gasteiger partial charge in [0, 0.05) is 0 Å². The Morgan fingerprint density at radius 1 is 1.27 bits per heavy atom. The van der Waals surface area contributed by atoms with Gasteiger partial charge in [-0.25, -0.2) is 0 Å². The zero-order valence-corrected chi connectivity index (χ0v) is 12.3. The van der Waals surface area contributed by atoms with Gasteiger partial charge < -0.3 is 4.65 Å². The van der Waals surface area contributed by atoms with Crippen LogP contribution in [0.4, 0.5) is 0 Å². The molecule has 11 heavy (non-hydrogen) atoms. The second kappa shape index (κ2) is 5.51. The first kappa shape index (κ1) is 10.9. The smallest absolute Gasteiger partial charge is 0.0670 e. The summed E-state index contributed by atoms with van der Waals surface area (Å²) in [6, 6.07) is 0. The molecule has 0 unspecified atom stereocenters. The van der Waals surface area contributed by atoms with Crippen LogP contribution in [0.1, 0.15) is 27.2 Å². The van der Waals surface area contributed by atoms with Crippen LogP contribution in [-0.4, -0.2) is 20.8 Å². The summed E-state index contributed by atoms with van der Waals surface area (Å²) in [7, 11) is 2.36. The van der Waals surface area contributed by atoms with Gasteiger partial charge >= 0.3 is 0 Å². The van der Waals surface area contributed by atoms with E-state index in [1.165, 1.54) is 43.9 Å². The number of rotatable bonds is 0. The Balaban J connectivity index is 0.000000292. The standard InChI is InChI=1S/C8H12.H7NSi2/c1-6-4-5-7(2)8(6)3;2-1-3/h4H,5H2,1-3H3;1H,2-3H3. The minimum Gasteiger partial charge on any atom is -0.374 e. The van der Waals surface area contributed by atoms with Crippen molar-refractivity contribution < 1.29 is 0 Å². The van der Waals surface area contributed by atoms with Gasteiger partial charge in [-0.05, 0) is 32.8 Å². The SMILES string of the molecule is CC1=CCC(C)=C1C.[SiH3]N[SiH3]. The van der Waals surface area contributed by atoms with Gasteiger partial charge in [0.15, 0.2) is 0 Å². The van der Waals surface area contributed by atoms with Gasteiger partial charge in [0.25, 0.3) is 0 Å². The van der Waals surface area contributed by atoms with Crippen molar-refractivity contribution in [3.63, 3.8) is 0 Å². The molecule has 0 aliphatic heterocycles. The predicted molar refractivity (Wildman–Crippen MR) is 59.8 cm³/mol. The van der Waals surface area contributed by atoms with Gasteiger partial charge in [-0.1, -0.05) is 17.2 Å². The molecule has 0 radical (unpaired) electrons. The van der Waals surface area contributed by atoms with E-state index in [9.17, 15) is 0 Å². The Morgan fingerprint density at radius 2 is 1.73 bits per heavy atom. The highest BCUT2D eigenvalue weighted by molar-refractivity contribution is 6.25. The molecule has 0 fully saturated rings. The zero-order chi connectivity index (χ0) is 8.85. The Hall–Kier alpha value is -0.126. The molecule has 1 aliphatic carbocycles. The van der Waals surface area contributed by atoms with Gasteiger partial charge in [-0.2, -0.15) is 0 Å². The molecule has 0 bridgehead atoms. The van der Waals surface area contributed by atoms with Gasteiger partial charge in [0.05, 0.1) is 20.8 Å². The number of hydrogen-bond donors (Lipinski definition) is 1. The molecule has 1 nitrogen and oxygen atoms in total. The Kier molecular flexibility index (Phi) is 5.45. The van der Waals surface area contributed by atoms with E-state index < -0.39 is 0 Å². The van der Waals surface area contributed by atoms with E-state index in [1.807, 2.05) is 0 Å². The van der Waals surface area contributed by atoms with E-state index >= 15 is 0 Å². The maximum Gasteiger partial charge on any atom is 0.0670 e. The molecule has 3 heteroatoms. The second-order valence-corrected chi connectivity index (χ2v) is 7.00. The molecule has 64 valence electrons. The molecule has 0 saturated carbocycles. The lowest BCUT2D eigenvalue weighted by atomic mass is 10.1. The van der Waals surface area contributed by atoms with Crippen molar-refractivity contribution >= 4 is 20.8 Å². The first-order valence-electron chi connectivity index (χ1n) is 4.05. The molecule has 0 atom stereocenters. The summed E-state index contributed by atoms with van der Waals surface area (Å²) in [6.07, 6.45) is 3.46. The fourth-order valence-electron chi connectivity index (χ4n) is 0.949. The van der Waals surface area contributed by atoms with Crippen molar-refractivity contribution in [2.24, 2.45) is 0 Å². The molecule has 0 saturated heterocycles. The first-order valence-corrected chi connectivity index (χ1v) is 6.05. The zero-order valence-electron chi connectivity index (χ0n) is 8.28. The van der Waals surface area contributed by atoms with Crippen molar-refractivity contribution in [3.8, 4) is 0 Å². The first-order chi connectivity index (χ1) is 5.13. The molecule has 1 aliphatic rings. The summed E-state index contributed by atoms with van der Waals surface area (Å²) in [5.41, 5.74) is 4.48. The Labute approximate surface area is 76.0 Å². The topological polar surface area (TPSA) is 12.0 Å². The van der Waals surface area contributed by atoms with Crippen LogP contribution in [0.15, 0.2) is 22.8 Å². The Bertz CT molecular complexity index is 177. The minimum atomic E-state index is 1.18. The van der Waals surface area contributed by atoms with E-state index in [-0.39, 0.29) is 0 Å². The average molecular weight is 185 g/mol. The van der Waals surface area contributed by atoms with Crippen molar-refractivity contribution in [1.29, 1.82) is 0 Å². The lowest BCUT2D eigenvalue weighted by Gasteiger charge is -1.93. The molecule has 1 rings (SSSR count). The summed E-state index contributed by atoms with van der Waals surface area (Å²) < 4.78 is 3.03. The van der Waals surface area contributed by atoms with Crippen LogP contribution in [0.5, 0.6) is 0 Å². The van der Waals surface area contributed by atoms with Gasteiger partial charge in [0.1, 0.15) is 0 Å². The third-order valence-electron chi connectivity index (χ3n) is 1.95. The highest BCUT2D eigenvalue weighted by Crippen LogP contribution is 2.23. The van der Waals surface area contributed by atoms with Gasteiger partial charge in [0.2, 0.25) is 0 Å². The summed E-state index contributed by atoms with van der Waals surface area (Å²) in [5.74, 6) is 0. The lowest BCUT2D eigenvalue weighted by molar-refractivity contribution is 1.22. The molecule has 0 aromatic heterocycles. The number of allylic oxidation sites excluding steroid dienone is 4. The maximum atomic E-state index is 3.03. The van der Waals surface area contributed by atoms with Crippen LogP contribution < -0.4 is 4.65 Å². The fourth-order valence-corrected chi connectivity index (χ4v) is 0.949. The summed E-state index contributed by atoms with van der Waals surface area (Å²) in [4.78, 5) is 0. The van der Waals surface area contributed by atoms with Crippen LogP contribution in [0.3, 0.4) is 0 Å². The summed E-state index contributed by atoms with van der Waals surface area (Å²) in [5, 5.41) is 0. The van der Waals surface area contributed by atoms with Gasteiger partial charge in [-0.15, -0.1) is 0 Å². The maximum absolute atomic E-state index is 3.03. The number of hydrogen-bond acceptors (Lipinski definition) is 1. The molecule has 0 amide bonds. The van der Waals surface area contributed by atoms with Crippen molar-refractivity contribution in [3.05, 3.63) is 22.8 Å². The van der Waals surface area contributed by atoms with Crippen LogP contribution in [-0.2, 0) is 0 Å². The minimum absolute atomic E-state index is 1.18. The van der Waals surface area contributed by atoms with Crippen molar-refractivity contribution in [2.75, 3.05) is 0 Å². The molecule has 0 heterocycles. The van der Waals surface area contributed by atoms with Crippen LogP contribution in [0.25, 0.3) is 0 Å². The third-order valence-corrected chi connectivity index (χ3v) is 1.95. The van der Waals surface area contributed by atoms with Crippen LogP contribution in [0.2, 0.25) is 0 Å². The van der Waals surface area contributed by atoms with Crippen molar-refractivity contribution in [2.45, 2.75) is 27.2 Å². The highest BCUT2D eigenvalue weighted by atomic mass is 28.2. The molecule has 1 N–H and O–H groups in total. The van der Waals surface area contributed by atoms with E-state index in [1.54, 1.807) is 0 Å². The molecule has 0 aromatic rings. The highest BCUT2D eigenvalue weighted by Gasteiger charge is 2.03.